The van der Waals surface area contributed by atoms with Crippen LogP contribution in [0.15, 0.2) is 48.5 Å². The number of aryl methyl sites for hydroxylation is 2. The van der Waals surface area contributed by atoms with E-state index in [4.69, 9.17) is 9.47 Å². The molecule has 0 aromatic heterocycles. The largest absolute Gasteiger partial charge is 0.452 e. The van der Waals surface area contributed by atoms with Crippen molar-refractivity contribution in [3.8, 4) is 11.5 Å². The summed E-state index contributed by atoms with van der Waals surface area (Å²) in [5.74, 6) is 1.60. The summed E-state index contributed by atoms with van der Waals surface area (Å²) in [5.41, 5.74) is 2.42. The quantitative estimate of drug-likeness (QED) is 0.612. The van der Waals surface area contributed by atoms with Crippen LogP contribution in [-0.4, -0.2) is 6.03 Å². The Bertz CT molecular complexity index is 443. The Morgan fingerprint density at radius 1 is 0.722 bits per heavy atom. The molecule has 0 saturated heterocycles. The van der Waals surface area contributed by atoms with Gasteiger partial charge in [-0.25, -0.2) is 0 Å². The molecule has 1 unspecified atom stereocenters. The second-order valence-corrected chi connectivity index (χ2v) is 4.77. The third kappa shape index (κ3) is 3.75. The van der Waals surface area contributed by atoms with Crippen molar-refractivity contribution < 1.29 is 9.47 Å². The summed E-state index contributed by atoms with van der Waals surface area (Å²) >= 11 is 0. The maximum atomic E-state index is 5.64. The number of rotatable bonds is 4. The fourth-order valence-corrected chi connectivity index (χ4v) is 1.84. The molecule has 0 amide bonds. The van der Waals surface area contributed by atoms with Gasteiger partial charge in [-0.05, 0) is 47.4 Å². The Balaban J connectivity index is 1.94. The van der Waals surface area contributed by atoms with E-state index in [0.29, 0.717) is 0 Å². The van der Waals surface area contributed by atoms with Crippen molar-refractivity contribution in [2.75, 3.05) is 0 Å². The normalized spacial score (nSPS) is 10.4. The van der Waals surface area contributed by atoms with Gasteiger partial charge in [0.25, 0.3) is 6.03 Å². The van der Waals surface area contributed by atoms with Crippen LogP contribution in [0.2, 0.25) is 0 Å². The Hall–Kier alpha value is -1.53. The second-order valence-electron chi connectivity index (χ2n) is 4.23. The average molecular weight is 260 g/mol. The van der Waals surface area contributed by atoms with Crippen LogP contribution in [0.1, 0.15) is 11.1 Å². The first-order valence-electron chi connectivity index (χ1n) is 5.86. The molecule has 0 aliphatic heterocycles. The van der Waals surface area contributed by atoms with Crippen LogP contribution >= 0.6 is 9.24 Å². The van der Waals surface area contributed by atoms with Crippen molar-refractivity contribution in [3.05, 3.63) is 59.7 Å². The van der Waals surface area contributed by atoms with Gasteiger partial charge in [-0.15, -0.1) is 0 Å². The summed E-state index contributed by atoms with van der Waals surface area (Å²) < 4.78 is 11.3. The molecule has 0 aliphatic rings. The van der Waals surface area contributed by atoms with Crippen molar-refractivity contribution in [2.45, 2.75) is 19.9 Å². The molecule has 0 bridgehead atoms. The Morgan fingerprint density at radius 3 is 1.39 bits per heavy atom. The molecular weight excluding hydrogens is 243 g/mol. The molecule has 2 aromatic rings. The third-order valence-electron chi connectivity index (χ3n) is 2.55. The zero-order valence-electron chi connectivity index (χ0n) is 10.6. The first-order valence-corrected chi connectivity index (χ1v) is 6.52. The molecule has 3 heteroatoms. The average Bonchev–Trinajstić information content (AvgIpc) is 2.35. The van der Waals surface area contributed by atoms with Gasteiger partial charge in [0.2, 0.25) is 0 Å². The highest BCUT2D eigenvalue weighted by Crippen LogP contribution is 2.20. The molecule has 2 rings (SSSR count). The predicted molar refractivity (Wildman–Crippen MR) is 77.1 cm³/mol. The summed E-state index contributed by atoms with van der Waals surface area (Å²) in [4.78, 5) is 0. The Labute approximate surface area is 110 Å². The minimum Gasteiger partial charge on any atom is -0.452 e. The summed E-state index contributed by atoms with van der Waals surface area (Å²) in [6, 6.07) is 15.4. The van der Waals surface area contributed by atoms with Gasteiger partial charge in [0.1, 0.15) is 11.5 Å². The first-order chi connectivity index (χ1) is 8.63. The van der Waals surface area contributed by atoms with Crippen LogP contribution < -0.4 is 9.47 Å². The fourth-order valence-electron chi connectivity index (χ4n) is 1.53. The van der Waals surface area contributed by atoms with Gasteiger partial charge in [-0.1, -0.05) is 35.4 Å². The molecule has 0 aliphatic carbocycles. The molecule has 2 aromatic carbocycles. The van der Waals surface area contributed by atoms with Gasteiger partial charge in [0.15, 0.2) is 0 Å². The molecule has 2 nitrogen and oxygen atoms in total. The van der Waals surface area contributed by atoms with Gasteiger partial charge in [-0.2, -0.15) is 0 Å². The van der Waals surface area contributed by atoms with Crippen LogP contribution in [-0.2, 0) is 0 Å². The summed E-state index contributed by atoms with van der Waals surface area (Å²) in [5, 5.41) is 0. The van der Waals surface area contributed by atoms with Crippen molar-refractivity contribution in [3.63, 3.8) is 0 Å². The van der Waals surface area contributed by atoms with E-state index in [-0.39, 0.29) is 0 Å². The van der Waals surface area contributed by atoms with Gasteiger partial charge in [-0.3, -0.25) is 0 Å². The lowest BCUT2D eigenvalue weighted by molar-refractivity contribution is 0.0835. The van der Waals surface area contributed by atoms with E-state index in [9.17, 15) is 0 Å². The van der Waals surface area contributed by atoms with Gasteiger partial charge >= 0.3 is 0 Å². The van der Waals surface area contributed by atoms with E-state index in [1.165, 1.54) is 11.1 Å². The number of benzene rings is 2. The zero-order valence-corrected chi connectivity index (χ0v) is 11.7. The smallest absolute Gasteiger partial charge is 0.252 e. The van der Waals surface area contributed by atoms with Crippen molar-refractivity contribution in [1.82, 2.24) is 0 Å². The number of hydrogen-bond acceptors (Lipinski definition) is 2. The van der Waals surface area contributed by atoms with Crippen LogP contribution in [0.3, 0.4) is 0 Å². The van der Waals surface area contributed by atoms with E-state index >= 15 is 0 Å². The second kappa shape index (κ2) is 5.88. The zero-order chi connectivity index (χ0) is 13.0. The Morgan fingerprint density at radius 2 is 1.06 bits per heavy atom. The number of hydrogen-bond donors (Lipinski definition) is 0. The third-order valence-corrected chi connectivity index (χ3v) is 2.82. The standard InChI is InChI=1S/C15H17O2P/c1-11-3-7-13(8-4-11)16-15(18)17-14-9-5-12(2)6-10-14/h3-10,15H,18H2,1-2H3. The summed E-state index contributed by atoms with van der Waals surface area (Å²) in [7, 11) is 2.54. The maximum Gasteiger partial charge on any atom is 0.252 e. The summed E-state index contributed by atoms with van der Waals surface area (Å²) in [6.45, 7) is 4.09. The van der Waals surface area contributed by atoms with Gasteiger partial charge in [0, 0.05) is 0 Å². The topological polar surface area (TPSA) is 18.5 Å². The van der Waals surface area contributed by atoms with E-state index in [2.05, 4.69) is 9.24 Å². The SMILES string of the molecule is Cc1ccc(OC(P)Oc2ccc(C)cc2)cc1. The first kappa shape index (κ1) is 12.9. The molecule has 0 spiro atoms. The highest BCUT2D eigenvalue weighted by atomic mass is 31.0. The number of ether oxygens (including phenoxy) is 2. The van der Waals surface area contributed by atoms with Crippen LogP contribution in [0.5, 0.6) is 11.5 Å². The molecular formula is C15H17O2P. The molecule has 0 saturated carbocycles. The van der Waals surface area contributed by atoms with Crippen LogP contribution in [0.25, 0.3) is 0 Å². The van der Waals surface area contributed by atoms with Crippen molar-refractivity contribution in [2.24, 2.45) is 0 Å². The molecule has 0 radical (unpaired) electrons. The molecule has 18 heavy (non-hydrogen) atoms. The van der Waals surface area contributed by atoms with E-state index in [0.717, 1.165) is 11.5 Å². The van der Waals surface area contributed by atoms with E-state index in [1.807, 2.05) is 62.4 Å². The lowest BCUT2D eigenvalue weighted by Gasteiger charge is -2.16. The maximum absolute atomic E-state index is 5.64. The Kier molecular flexibility index (Phi) is 4.22. The molecule has 0 N–H and O–H groups in total. The molecule has 0 fully saturated rings. The van der Waals surface area contributed by atoms with Crippen molar-refractivity contribution in [1.29, 1.82) is 0 Å². The highest BCUT2D eigenvalue weighted by Gasteiger charge is 2.05. The van der Waals surface area contributed by atoms with Crippen LogP contribution in [0, 0.1) is 13.8 Å². The lowest BCUT2D eigenvalue weighted by atomic mass is 10.2. The van der Waals surface area contributed by atoms with Gasteiger partial charge in [0.05, 0.1) is 0 Å². The molecule has 0 heterocycles. The molecule has 1 atom stereocenters. The molecule has 94 valence electrons. The van der Waals surface area contributed by atoms with Gasteiger partial charge < -0.3 is 9.47 Å². The predicted octanol–water partition coefficient (Wildman–Crippen LogP) is 3.92. The highest BCUT2D eigenvalue weighted by molar-refractivity contribution is 7.17. The minimum absolute atomic E-state index is 0.393. The van der Waals surface area contributed by atoms with Crippen LogP contribution in [0.4, 0.5) is 0 Å². The summed E-state index contributed by atoms with van der Waals surface area (Å²) in [6.07, 6.45) is 0. The minimum atomic E-state index is -0.393. The fraction of sp³-hybridized carbons (Fsp3) is 0.200. The van der Waals surface area contributed by atoms with E-state index in [1.54, 1.807) is 0 Å². The van der Waals surface area contributed by atoms with Crippen molar-refractivity contribution >= 4 is 9.24 Å². The van der Waals surface area contributed by atoms with E-state index < -0.39 is 6.03 Å². The lowest BCUT2D eigenvalue weighted by Crippen LogP contribution is -2.15. The monoisotopic (exact) mass is 260 g/mol.